The molecule has 1 aliphatic rings. The molecule has 0 saturated carbocycles. The molecule has 2 atom stereocenters. The summed E-state index contributed by atoms with van der Waals surface area (Å²) in [7, 11) is -1.17. The number of benzene rings is 4. The van der Waals surface area contributed by atoms with Crippen molar-refractivity contribution in [2.75, 3.05) is 7.05 Å². The zero-order valence-electron chi connectivity index (χ0n) is 24.2. The summed E-state index contributed by atoms with van der Waals surface area (Å²) in [6.45, 7) is 2.00. The quantitative estimate of drug-likeness (QED) is 0.125. The van der Waals surface area contributed by atoms with Gasteiger partial charge >= 0.3 is 20.9 Å². The van der Waals surface area contributed by atoms with Crippen molar-refractivity contribution in [3.63, 3.8) is 0 Å². The normalized spacial score (nSPS) is 15.9. The Balaban J connectivity index is 1.44. The molecule has 3 nitrogen and oxygen atoms in total. The van der Waals surface area contributed by atoms with E-state index in [-0.39, 0.29) is 23.5 Å². The maximum atomic E-state index is 13.2. The van der Waals surface area contributed by atoms with Crippen molar-refractivity contribution >= 4 is 27.1 Å². The van der Waals surface area contributed by atoms with E-state index >= 15 is 0 Å². The fraction of sp³-hybridized carbons (Fsp3) is 0.176. The second kappa shape index (κ2) is 13.8. The molecule has 0 fully saturated rings. The zero-order chi connectivity index (χ0) is 32.2. The average molecular weight is 660 g/mol. The first-order valence-corrected chi connectivity index (χ1v) is 16.4. The molecule has 0 aliphatic heterocycles. The Bertz CT molecular complexity index is 1510. The number of nitrogens with zero attached hydrogens (tertiary/aromatic N) is 1. The molecule has 0 N–H and O–H groups in total. The van der Waals surface area contributed by atoms with Gasteiger partial charge in [0.25, 0.3) is 0 Å². The summed E-state index contributed by atoms with van der Waals surface area (Å²) in [6, 6.07) is 28.7. The largest absolute Gasteiger partial charge is 0.427 e. The van der Waals surface area contributed by atoms with E-state index in [0.29, 0.717) is 0 Å². The zero-order valence-corrected chi connectivity index (χ0v) is 26.0. The van der Waals surface area contributed by atoms with Gasteiger partial charge in [-0.2, -0.15) is 26.3 Å². The lowest BCUT2D eigenvalue weighted by Crippen LogP contribution is -2.34. The van der Waals surface area contributed by atoms with Crippen LogP contribution >= 0.6 is 16.4 Å². The monoisotopic (exact) mass is 659 g/mol. The molecule has 234 valence electrons. The minimum absolute atomic E-state index is 0.0843. The van der Waals surface area contributed by atoms with Gasteiger partial charge in [0.1, 0.15) is 11.5 Å². The third kappa shape index (κ3) is 7.96. The van der Waals surface area contributed by atoms with E-state index in [1.807, 2.05) is 54.1 Å². The molecule has 0 spiro atoms. The van der Waals surface area contributed by atoms with Crippen LogP contribution in [0, 0.1) is 5.92 Å². The van der Waals surface area contributed by atoms with Gasteiger partial charge in [-0.1, -0.05) is 78.9 Å². The molecule has 0 amide bonds. The second-order valence-electron chi connectivity index (χ2n) is 10.3. The molecule has 0 heterocycles. The molecular weight excluding hydrogens is 630 g/mol. The lowest BCUT2D eigenvalue weighted by atomic mass is 10.0. The predicted molar refractivity (Wildman–Crippen MR) is 168 cm³/mol. The molecular formula is C34H29F6NO2P2. The Hall–Kier alpha value is -3.64. The third-order valence-electron chi connectivity index (χ3n) is 7.31. The van der Waals surface area contributed by atoms with E-state index in [2.05, 4.69) is 36.4 Å². The molecule has 1 aliphatic carbocycles. The Morgan fingerprint density at radius 2 is 1.07 bits per heavy atom. The van der Waals surface area contributed by atoms with Gasteiger partial charge in [0, 0.05) is 12.0 Å². The fourth-order valence-electron chi connectivity index (χ4n) is 4.83. The number of alkyl halides is 6. The minimum Gasteiger partial charge on any atom is -0.427 e. The van der Waals surface area contributed by atoms with Crippen LogP contribution in [0.4, 0.5) is 26.3 Å². The molecule has 5 rings (SSSR count). The number of rotatable bonds is 10. The fourth-order valence-corrected chi connectivity index (χ4v) is 8.85. The topological polar surface area (TPSA) is 21.7 Å². The summed E-state index contributed by atoms with van der Waals surface area (Å²) in [5, 5.41) is 3.55. The van der Waals surface area contributed by atoms with Gasteiger partial charge in [0.15, 0.2) is 0 Å². The SMILES string of the molecule is C[C@H](C1C=CC=C1P(c1ccccc1)c1ccccc1)N(C)P(Oc1ccc(C(F)(F)F)cc1)Oc1ccc(C(F)(F)F)cc1. The van der Waals surface area contributed by atoms with Crippen LogP contribution in [0.1, 0.15) is 18.1 Å². The summed E-state index contributed by atoms with van der Waals surface area (Å²) < 4.78 is 93.2. The Morgan fingerprint density at radius 1 is 0.644 bits per heavy atom. The molecule has 1 unspecified atom stereocenters. The van der Waals surface area contributed by atoms with Gasteiger partial charge in [-0.3, -0.25) is 0 Å². The Labute approximate surface area is 260 Å². The lowest BCUT2D eigenvalue weighted by molar-refractivity contribution is -0.138. The van der Waals surface area contributed by atoms with E-state index < -0.39 is 39.9 Å². The van der Waals surface area contributed by atoms with Gasteiger partial charge in [0.2, 0.25) is 0 Å². The van der Waals surface area contributed by atoms with E-state index in [0.717, 1.165) is 24.3 Å². The average Bonchev–Trinajstić information content (AvgIpc) is 3.50. The third-order valence-corrected chi connectivity index (χ3v) is 11.5. The summed E-state index contributed by atoms with van der Waals surface area (Å²) in [6.07, 6.45) is -2.80. The standard InChI is InChI=1S/C34H29F6NO2P2/c1-24(31-14-9-15-32(31)44(29-10-5-3-6-11-29)30-12-7-4-8-13-30)41(2)45(42-27-20-16-25(17-21-27)33(35,36)37)43-28-22-18-26(19-23-28)34(38,39)40/h3-24,31H,1-2H3/t24-,31?/m1/s1. The van der Waals surface area contributed by atoms with Crippen molar-refractivity contribution in [1.82, 2.24) is 4.67 Å². The summed E-state index contributed by atoms with van der Waals surface area (Å²) in [5.41, 5.74) is -1.66. The highest BCUT2D eigenvalue weighted by Gasteiger charge is 2.37. The van der Waals surface area contributed by atoms with Crippen LogP contribution in [0.3, 0.4) is 0 Å². The first-order chi connectivity index (χ1) is 21.4. The van der Waals surface area contributed by atoms with Crippen LogP contribution in [-0.2, 0) is 12.4 Å². The van der Waals surface area contributed by atoms with Gasteiger partial charge in [-0.25, -0.2) is 4.67 Å². The van der Waals surface area contributed by atoms with E-state index in [9.17, 15) is 26.3 Å². The minimum atomic E-state index is -4.52. The maximum Gasteiger partial charge on any atom is 0.416 e. The molecule has 0 radical (unpaired) electrons. The molecule has 4 aromatic rings. The molecule has 0 aromatic heterocycles. The van der Waals surface area contributed by atoms with Crippen LogP contribution in [-0.4, -0.2) is 17.8 Å². The Morgan fingerprint density at radius 3 is 1.47 bits per heavy atom. The first-order valence-electron chi connectivity index (χ1n) is 13.9. The van der Waals surface area contributed by atoms with Gasteiger partial charge < -0.3 is 9.05 Å². The van der Waals surface area contributed by atoms with Gasteiger partial charge in [-0.15, -0.1) is 0 Å². The maximum absolute atomic E-state index is 13.2. The number of halogens is 6. The number of hydrogen-bond acceptors (Lipinski definition) is 3. The van der Waals surface area contributed by atoms with E-state index in [1.54, 1.807) is 7.05 Å². The van der Waals surface area contributed by atoms with Crippen molar-refractivity contribution in [2.45, 2.75) is 25.3 Å². The van der Waals surface area contributed by atoms with Crippen LogP contribution in [0.15, 0.2) is 133 Å². The predicted octanol–water partition coefficient (Wildman–Crippen LogP) is 9.93. The molecule has 0 bridgehead atoms. The highest BCUT2D eigenvalue weighted by Crippen LogP contribution is 2.53. The number of hydrogen-bond donors (Lipinski definition) is 0. The lowest BCUT2D eigenvalue weighted by Gasteiger charge is -2.36. The highest BCUT2D eigenvalue weighted by molar-refractivity contribution is 7.76. The summed E-state index contributed by atoms with van der Waals surface area (Å²) in [4.78, 5) is 0. The van der Waals surface area contributed by atoms with Crippen molar-refractivity contribution in [2.24, 2.45) is 5.92 Å². The van der Waals surface area contributed by atoms with Gasteiger partial charge in [0.05, 0.1) is 11.1 Å². The molecule has 45 heavy (non-hydrogen) atoms. The van der Waals surface area contributed by atoms with Crippen molar-refractivity contribution < 1.29 is 35.4 Å². The first kappa shape index (κ1) is 32.7. The van der Waals surface area contributed by atoms with Crippen LogP contribution in [0.2, 0.25) is 0 Å². The van der Waals surface area contributed by atoms with Crippen LogP contribution in [0.5, 0.6) is 11.5 Å². The molecule has 4 aromatic carbocycles. The van der Waals surface area contributed by atoms with E-state index in [1.165, 1.54) is 40.2 Å². The van der Waals surface area contributed by atoms with E-state index in [4.69, 9.17) is 9.05 Å². The molecule has 11 heteroatoms. The van der Waals surface area contributed by atoms with Crippen molar-refractivity contribution in [3.05, 3.63) is 144 Å². The second-order valence-corrected chi connectivity index (χ2v) is 14.0. The van der Waals surface area contributed by atoms with Crippen molar-refractivity contribution in [3.8, 4) is 11.5 Å². The smallest absolute Gasteiger partial charge is 0.416 e. The Kier molecular flexibility index (Phi) is 10.0. The summed E-state index contributed by atoms with van der Waals surface area (Å²) in [5.74, 6) is 0.182. The van der Waals surface area contributed by atoms with Crippen LogP contribution < -0.4 is 19.7 Å². The summed E-state index contributed by atoms with van der Waals surface area (Å²) >= 11 is 0. The van der Waals surface area contributed by atoms with Gasteiger partial charge in [-0.05, 0) is 86.3 Å². The highest BCUT2D eigenvalue weighted by atomic mass is 31.2. The number of allylic oxidation sites excluding steroid dienone is 2. The van der Waals surface area contributed by atoms with Crippen molar-refractivity contribution in [1.29, 1.82) is 0 Å². The van der Waals surface area contributed by atoms with Crippen LogP contribution in [0.25, 0.3) is 0 Å². The molecule has 0 saturated heterocycles.